The smallest absolute Gasteiger partial charge is 0.238 e. The molecule has 0 saturated carbocycles. The summed E-state index contributed by atoms with van der Waals surface area (Å²) in [5.74, 6) is 0.0268. The zero-order valence-electron chi connectivity index (χ0n) is 15.8. The first-order valence-electron chi connectivity index (χ1n) is 8.56. The number of aryl methyl sites for hydroxylation is 2. The van der Waals surface area contributed by atoms with Crippen LogP contribution in [-0.2, 0) is 21.2 Å². The topological polar surface area (TPSA) is 111 Å². The average molecular weight is 399 g/mol. The number of aromatic nitrogens is 1. The van der Waals surface area contributed by atoms with E-state index in [9.17, 15) is 13.2 Å². The van der Waals surface area contributed by atoms with Crippen LogP contribution in [0.3, 0.4) is 0 Å². The van der Waals surface area contributed by atoms with Crippen LogP contribution in [0.25, 0.3) is 10.9 Å². The number of pyridine rings is 1. The maximum absolute atomic E-state index is 12.7. The Hall–Kier alpha value is -2.97. The number of carbonyl (C=O) groups is 1. The molecule has 0 aliphatic heterocycles. The van der Waals surface area contributed by atoms with Gasteiger partial charge in [-0.15, -0.1) is 0 Å². The van der Waals surface area contributed by atoms with Crippen LogP contribution in [0.1, 0.15) is 16.8 Å². The number of benzene rings is 2. The van der Waals surface area contributed by atoms with Crippen LogP contribution in [0, 0.1) is 13.8 Å². The minimum atomic E-state index is -3.90. The molecule has 3 aromatic rings. The van der Waals surface area contributed by atoms with Gasteiger partial charge in [0.25, 0.3) is 0 Å². The summed E-state index contributed by atoms with van der Waals surface area (Å²) in [6, 6.07) is 11.8. The summed E-state index contributed by atoms with van der Waals surface area (Å²) in [5, 5.41) is 8.88. The van der Waals surface area contributed by atoms with Crippen molar-refractivity contribution in [2.75, 3.05) is 12.4 Å². The number of ether oxygens (including phenoxy) is 1. The molecule has 1 heterocycles. The van der Waals surface area contributed by atoms with Gasteiger partial charge in [-0.1, -0.05) is 18.2 Å². The third kappa shape index (κ3) is 3.97. The zero-order valence-corrected chi connectivity index (χ0v) is 16.6. The molecule has 1 amide bonds. The summed E-state index contributed by atoms with van der Waals surface area (Å²) >= 11 is 0. The number of fused-ring (bicyclic) bond motifs is 1. The molecular formula is C20H21N3O4S. The van der Waals surface area contributed by atoms with Crippen molar-refractivity contribution in [1.82, 2.24) is 4.98 Å². The molecule has 0 aliphatic carbocycles. The van der Waals surface area contributed by atoms with Gasteiger partial charge in [0.05, 0.1) is 29.6 Å². The van der Waals surface area contributed by atoms with Gasteiger partial charge in [0.1, 0.15) is 5.75 Å². The minimum absolute atomic E-state index is 0.0955. The van der Waals surface area contributed by atoms with Crippen LogP contribution < -0.4 is 15.2 Å². The van der Waals surface area contributed by atoms with Crippen molar-refractivity contribution < 1.29 is 17.9 Å². The van der Waals surface area contributed by atoms with E-state index in [0.717, 1.165) is 27.7 Å². The molecule has 7 nitrogen and oxygen atoms in total. The Bertz CT molecular complexity index is 1170. The molecule has 0 radical (unpaired) electrons. The van der Waals surface area contributed by atoms with Crippen molar-refractivity contribution in [3.8, 4) is 5.75 Å². The number of hydrogen-bond donors (Lipinski definition) is 2. The Morgan fingerprint density at radius 1 is 1.18 bits per heavy atom. The van der Waals surface area contributed by atoms with Gasteiger partial charge in [-0.05, 0) is 49.2 Å². The maximum Gasteiger partial charge on any atom is 0.238 e. The largest absolute Gasteiger partial charge is 0.495 e. The number of para-hydroxylation sites is 1. The molecule has 0 unspecified atom stereocenters. The number of amides is 1. The fourth-order valence-electron chi connectivity index (χ4n) is 3.15. The third-order valence-corrected chi connectivity index (χ3v) is 5.51. The Labute approximate surface area is 163 Å². The van der Waals surface area contributed by atoms with Crippen molar-refractivity contribution in [2.45, 2.75) is 25.2 Å². The highest BCUT2D eigenvalue weighted by molar-refractivity contribution is 7.89. The third-order valence-electron chi connectivity index (χ3n) is 4.60. The summed E-state index contributed by atoms with van der Waals surface area (Å²) in [4.78, 5) is 17.1. The molecule has 28 heavy (non-hydrogen) atoms. The zero-order chi connectivity index (χ0) is 20.5. The van der Waals surface area contributed by atoms with Crippen molar-refractivity contribution in [3.63, 3.8) is 0 Å². The van der Waals surface area contributed by atoms with Gasteiger partial charge < -0.3 is 10.1 Å². The minimum Gasteiger partial charge on any atom is -0.495 e. The second-order valence-electron chi connectivity index (χ2n) is 6.45. The lowest BCUT2D eigenvalue weighted by atomic mass is 9.99. The van der Waals surface area contributed by atoms with E-state index in [0.29, 0.717) is 5.75 Å². The number of methoxy groups -OCH3 is 1. The summed E-state index contributed by atoms with van der Waals surface area (Å²) in [6.45, 7) is 3.83. The molecule has 0 saturated heterocycles. The number of nitrogens with two attached hydrogens (primary N) is 1. The van der Waals surface area contributed by atoms with Crippen LogP contribution in [0.2, 0.25) is 0 Å². The van der Waals surface area contributed by atoms with Crippen molar-refractivity contribution in [2.24, 2.45) is 5.14 Å². The van der Waals surface area contributed by atoms with Gasteiger partial charge in [0.2, 0.25) is 15.9 Å². The highest BCUT2D eigenvalue weighted by Gasteiger charge is 2.17. The fourth-order valence-corrected chi connectivity index (χ4v) is 3.69. The number of hydrogen-bond acceptors (Lipinski definition) is 5. The van der Waals surface area contributed by atoms with Gasteiger partial charge in [-0.25, -0.2) is 13.6 Å². The lowest BCUT2D eigenvalue weighted by molar-refractivity contribution is -0.115. The molecule has 0 atom stereocenters. The van der Waals surface area contributed by atoms with Gasteiger partial charge in [-0.2, -0.15) is 0 Å². The molecule has 0 fully saturated rings. The van der Waals surface area contributed by atoms with Crippen LogP contribution in [0.5, 0.6) is 5.75 Å². The lowest BCUT2D eigenvalue weighted by Crippen LogP contribution is -2.18. The van der Waals surface area contributed by atoms with Crippen LogP contribution >= 0.6 is 0 Å². The summed E-state index contributed by atoms with van der Waals surface area (Å²) in [7, 11) is -2.47. The average Bonchev–Trinajstić information content (AvgIpc) is 2.64. The summed E-state index contributed by atoms with van der Waals surface area (Å²) < 4.78 is 28.4. The summed E-state index contributed by atoms with van der Waals surface area (Å²) in [6.07, 6.45) is 0.0955. The first-order chi connectivity index (χ1) is 13.2. The van der Waals surface area contributed by atoms with E-state index in [4.69, 9.17) is 9.88 Å². The molecule has 8 heteroatoms. The standard InChI is InChI=1S/C20H21N3O4S/c1-12-15-6-4-5-7-17(15)22-13(2)16(12)11-20(24)23-18-10-14(28(21,25)26)8-9-19(18)27-3/h4-10H,11H2,1-3H3,(H,23,24)(H2,21,25,26). The van der Waals surface area contributed by atoms with Crippen LogP contribution in [0.15, 0.2) is 47.4 Å². The predicted molar refractivity (Wildman–Crippen MR) is 108 cm³/mol. The Morgan fingerprint density at radius 2 is 1.89 bits per heavy atom. The second kappa shape index (κ2) is 7.57. The first kappa shape index (κ1) is 19.8. The second-order valence-corrected chi connectivity index (χ2v) is 8.01. The maximum atomic E-state index is 12.7. The number of primary sulfonamides is 1. The van der Waals surface area contributed by atoms with E-state index in [1.807, 2.05) is 38.1 Å². The molecule has 3 rings (SSSR count). The molecule has 0 aliphatic rings. The number of anilines is 1. The SMILES string of the molecule is COc1ccc(S(N)(=O)=O)cc1NC(=O)Cc1c(C)nc2ccccc2c1C. The highest BCUT2D eigenvalue weighted by atomic mass is 32.2. The normalized spacial score (nSPS) is 11.4. The first-order valence-corrected chi connectivity index (χ1v) is 10.1. The van der Waals surface area contributed by atoms with Crippen molar-refractivity contribution in [1.29, 1.82) is 0 Å². The number of rotatable bonds is 5. The molecule has 1 aromatic heterocycles. The number of carbonyl (C=O) groups excluding carboxylic acids is 1. The number of sulfonamides is 1. The molecule has 146 valence electrons. The van der Waals surface area contributed by atoms with E-state index in [1.54, 1.807) is 0 Å². The summed E-state index contributed by atoms with van der Waals surface area (Å²) in [5.41, 5.74) is 3.71. The Kier molecular flexibility index (Phi) is 5.35. The van der Waals surface area contributed by atoms with E-state index in [2.05, 4.69) is 10.3 Å². The van der Waals surface area contributed by atoms with Gasteiger partial charge >= 0.3 is 0 Å². The van der Waals surface area contributed by atoms with Crippen molar-refractivity contribution in [3.05, 3.63) is 59.3 Å². The van der Waals surface area contributed by atoms with E-state index < -0.39 is 10.0 Å². The molecule has 0 spiro atoms. The van der Waals surface area contributed by atoms with Gasteiger partial charge in [0, 0.05) is 11.1 Å². The monoisotopic (exact) mass is 399 g/mol. The lowest BCUT2D eigenvalue weighted by Gasteiger charge is -2.14. The molecular weight excluding hydrogens is 378 g/mol. The quantitative estimate of drug-likeness (QED) is 0.685. The Morgan fingerprint density at radius 3 is 2.57 bits per heavy atom. The van der Waals surface area contributed by atoms with Crippen LogP contribution in [0.4, 0.5) is 5.69 Å². The number of nitrogens with zero attached hydrogens (tertiary/aromatic N) is 1. The number of nitrogens with one attached hydrogen (secondary N) is 1. The van der Waals surface area contributed by atoms with E-state index >= 15 is 0 Å². The van der Waals surface area contributed by atoms with E-state index in [-0.39, 0.29) is 22.9 Å². The van der Waals surface area contributed by atoms with Crippen LogP contribution in [-0.4, -0.2) is 26.4 Å². The molecule has 3 N–H and O–H groups in total. The molecule has 0 bridgehead atoms. The predicted octanol–water partition coefficient (Wildman–Crippen LogP) is 2.69. The van der Waals surface area contributed by atoms with Crippen molar-refractivity contribution >= 4 is 32.5 Å². The molecule has 2 aromatic carbocycles. The van der Waals surface area contributed by atoms with Gasteiger partial charge in [-0.3, -0.25) is 9.78 Å². The van der Waals surface area contributed by atoms with Gasteiger partial charge in [0.15, 0.2) is 0 Å². The van der Waals surface area contributed by atoms with E-state index in [1.165, 1.54) is 25.3 Å². The Balaban J connectivity index is 1.92. The fraction of sp³-hybridized carbons (Fsp3) is 0.200. The highest BCUT2D eigenvalue weighted by Crippen LogP contribution is 2.28.